The van der Waals surface area contributed by atoms with Gasteiger partial charge in [-0.05, 0) is 24.5 Å². The Labute approximate surface area is 159 Å². The van der Waals surface area contributed by atoms with Crippen molar-refractivity contribution in [1.29, 1.82) is 0 Å². The predicted molar refractivity (Wildman–Crippen MR) is 105 cm³/mol. The van der Waals surface area contributed by atoms with E-state index in [9.17, 15) is 5.21 Å². The highest BCUT2D eigenvalue weighted by Gasteiger charge is 2.21. The van der Waals surface area contributed by atoms with Crippen LogP contribution in [-0.2, 0) is 17.7 Å². The van der Waals surface area contributed by atoms with Crippen LogP contribution < -0.4 is 9.47 Å². The van der Waals surface area contributed by atoms with Gasteiger partial charge in [-0.15, -0.1) is 0 Å². The number of hydrogen-bond donors (Lipinski definition) is 0. The molecule has 1 saturated heterocycles. The summed E-state index contributed by atoms with van der Waals surface area (Å²) < 4.78 is 14.6. The molecule has 3 aromatic rings. The molecule has 3 heterocycles. The first kappa shape index (κ1) is 18.0. The van der Waals surface area contributed by atoms with Gasteiger partial charge >= 0.3 is 0 Å². The zero-order chi connectivity index (χ0) is 19.0. The van der Waals surface area contributed by atoms with Gasteiger partial charge in [0, 0.05) is 19.4 Å². The van der Waals surface area contributed by atoms with Gasteiger partial charge in [-0.2, -0.15) is 4.73 Å². The third kappa shape index (κ3) is 3.46. The molecule has 1 atom stereocenters. The molecule has 6 nitrogen and oxygen atoms in total. The molecule has 144 valence electrons. The number of nitrogens with zero attached hydrogens (tertiary/aromatic N) is 3. The number of aromatic nitrogens is 3. The van der Waals surface area contributed by atoms with Crippen LogP contribution in [0, 0.1) is 11.1 Å². The molecule has 1 unspecified atom stereocenters. The second-order valence-electron chi connectivity index (χ2n) is 7.75. The number of fused-ring (bicyclic) bond motifs is 3. The topological polar surface area (TPSA) is 63.2 Å². The summed E-state index contributed by atoms with van der Waals surface area (Å²) in [6.07, 6.45) is 4.48. The van der Waals surface area contributed by atoms with E-state index in [4.69, 9.17) is 14.5 Å². The van der Waals surface area contributed by atoms with Crippen LogP contribution in [-0.4, -0.2) is 28.9 Å². The van der Waals surface area contributed by atoms with Crippen LogP contribution in [0.25, 0.3) is 21.9 Å². The minimum Gasteiger partial charge on any atom is -0.618 e. The maximum Gasteiger partial charge on any atom is 0.229 e. The predicted octanol–water partition coefficient (Wildman–Crippen LogP) is 3.60. The van der Waals surface area contributed by atoms with E-state index in [2.05, 4.69) is 25.3 Å². The summed E-state index contributed by atoms with van der Waals surface area (Å²) in [5.41, 5.74) is 2.43. The molecule has 0 bridgehead atoms. The van der Waals surface area contributed by atoms with E-state index >= 15 is 0 Å². The van der Waals surface area contributed by atoms with Crippen molar-refractivity contribution in [1.82, 2.24) is 9.55 Å². The highest BCUT2D eigenvalue weighted by molar-refractivity contribution is 6.01. The standard InChI is InChI=1S/C21H27N3O3/c1-4-5-20-22-18-12-24(25)19-10-15(27-16-8-9-26-13-16)6-7-17(19)21(18)23(20)11-14(2)3/h6-7,10,12,14,16H,4-5,8-9,11,13H2,1-3H3. The summed E-state index contributed by atoms with van der Waals surface area (Å²) in [6.45, 7) is 8.79. The molecule has 4 rings (SSSR count). The third-order valence-corrected chi connectivity index (χ3v) is 4.99. The summed E-state index contributed by atoms with van der Waals surface area (Å²) in [4.78, 5) is 4.77. The Hall–Kier alpha value is -2.34. The Morgan fingerprint density at radius 3 is 2.96 bits per heavy atom. The lowest BCUT2D eigenvalue weighted by molar-refractivity contribution is -0.575. The fraction of sp³-hybridized carbons (Fsp3) is 0.524. The van der Waals surface area contributed by atoms with E-state index in [1.165, 1.54) is 0 Å². The highest BCUT2D eigenvalue weighted by Crippen LogP contribution is 2.29. The molecule has 2 aromatic heterocycles. The first-order valence-corrected chi connectivity index (χ1v) is 9.86. The Bertz CT molecular complexity index is 958. The van der Waals surface area contributed by atoms with Gasteiger partial charge in [0.25, 0.3) is 0 Å². The summed E-state index contributed by atoms with van der Waals surface area (Å²) in [6, 6.07) is 5.78. The van der Waals surface area contributed by atoms with Gasteiger partial charge < -0.3 is 19.2 Å². The van der Waals surface area contributed by atoms with Crippen molar-refractivity contribution < 1.29 is 14.2 Å². The fourth-order valence-corrected chi connectivity index (χ4v) is 3.82. The minimum atomic E-state index is 0.0638. The second kappa shape index (κ2) is 7.35. The van der Waals surface area contributed by atoms with Gasteiger partial charge in [-0.3, -0.25) is 0 Å². The molecule has 1 aromatic carbocycles. The molecule has 0 aliphatic carbocycles. The molecule has 1 aliphatic rings. The summed E-state index contributed by atoms with van der Waals surface area (Å²) in [5.74, 6) is 2.26. The van der Waals surface area contributed by atoms with Gasteiger partial charge in [0.15, 0.2) is 5.52 Å². The van der Waals surface area contributed by atoms with Crippen LogP contribution in [0.4, 0.5) is 0 Å². The summed E-state index contributed by atoms with van der Waals surface area (Å²) in [7, 11) is 0. The SMILES string of the molecule is CCCc1nc2c[n+]([O-])c3cc(OC4CCOC4)ccc3c2n1CC(C)C. The van der Waals surface area contributed by atoms with Gasteiger partial charge in [0.05, 0.1) is 30.2 Å². The maximum absolute atomic E-state index is 12.7. The van der Waals surface area contributed by atoms with Crippen molar-refractivity contribution in [2.45, 2.75) is 52.7 Å². The van der Waals surface area contributed by atoms with Crippen molar-refractivity contribution in [3.8, 4) is 5.75 Å². The van der Waals surface area contributed by atoms with E-state index in [0.717, 1.165) is 59.4 Å². The molecule has 6 heteroatoms. The van der Waals surface area contributed by atoms with E-state index in [1.807, 2.05) is 18.2 Å². The largest absolute Gasteiger partial charge is 0.618 e. The van der Waals surface area contributed by atoms with Gasteiger partial charge in [0.1, 0.15) is 17.7 Å². The smallest absolute Gasteiger partial charge is 0.229 e. The lowest BCUT2D eigenvalue weighted by Crippen LogP contribution is -2.26. The van der Waals surface area contributed by atoms with Crippen LogP contribution in [0.3, 0.4) is 0 Å². The zero-order valence-electron chi connectivity index (χ0n) is 16.3. The molecule has 0 N–H and O–H groups in total. The lowest BCUT2D eigenvalue weighted by Gasteiger charge is -2.14. The normalized spacial score (nSPS) is 17.4. The summed E-state index contributed by atoms with van der Waals surface area (Å²) in [5, 5.41) is 13.6. The van der Waals surface area contributed by atoms with E-state index < -0.39 is 0 Å². The monoisotopic (exact) mass is 369 g/mol. The number of ether oxygens (including phenoxy) is 2. The average Bonchev–Trinajstić information content (AvgIpc) is 3.24. The Morgan fingerprint density at radius 2 is 2.26 bits per heavy atom. The number of aryl methyl sites for hydroxylation is 1. The van der Waals surface area contributed by atoms with Crippen molar-refractivity contribution in [2.24, 2.45) is 5.92 Å². The summed E-state index contributed by atoms with van der Waals surface area (Å²) >= 11 is 0. The van der Waals surface area contributed by atoms with Crippen LogP contribution in [0.15, 0.2) is 24.4 Å². The van der Waals surface area contributed by atoms with E-state index in [-0.39, 0.29) is 6.10 Å². The molecule has 0 saturated carbocycles. The molecular weight excluding hydrogens is 342 g/mol. The van der Waals surface area contributed by atoms with Crippen LogP contribution in [0.5, 0.6) is 5.75 Å². The molecule has 0 amide bonds. The van der Waals surface area contributed by atoms with Gasteiger partial charge in [-0.1, -0.05) is 20.8 Å². The number of benzene rings is 1. The molecule has 0 spiro atoms. The molecule has 0 radical (unpaired) electrons. The van der Waals surface area contributed by atoms with Crippen LogP contribution in [0.2, 0.25) is 0 Å². The molecule has 1 fully saturated rings. The molecular formula is C21H27N3O3. The number of hydrogen-bond acceptors (Lipinski definition) is 4. The Kier molecular flexibility index (Phi) is 4.91. The van der Waals surface area contributed by atoms with Crippen LogP contribution >= 0.6 is 0 Å². The quantitative estimate of drug-likeness (QED) is 0.492. The van der Waals surface area contributed by atoms with Gasteiger partial charge in [0.2, 0.25) is 11.7 Å². The minimum absolute atomic E-state index is 0.0638. The first-order valence-electron chi connectivity index (χ1n) is 9.86. The van der Waals surface area contributed by atoms with Crippen LogP contribution in [0.1, 0.15) is 39.4 Å². The van der Waals surface area contributed by atoms with Crippen molar-refractivity contribution in [2.75, 3.05) is 13.2 Å². The third-order valence-electron chi connectivity index (χ3n) is 4.99. The molecule has 27 heavy (non-hydrogen) atoms. The number of pyridine rings is 1. The fourth-order valence-electron chi connectivity index (χ4n) is 3.82. The zero-order valence-corrected chi connectivity index (χ0v) is 16.3. The maximum atomic E-state index is 12.7. The van der Waals surface area contributed by atoms with E-state index in [1.54, 1.807) is 6.20 Å². The van der Waals surface area contributed by atoms with E-state index in [0.29, 0.717) is 23.8 Å². The van der Waals surface area contributed by atoms with Crippen molar-refractivity contribution >= 4 is 21.9 Å². The Balaban J connectivity index is 1.85. The number of rotatable bonds is 6. The highest BCUT2D eigenvalue weighted by atomic mass is 16.5. The Morgan fingerprint density at radius 1 is 1.41 bits per heavy atom. The molecule has 1 aliphatic heterocycles. The van der Waals surface area contributed by atoms with Crippen molar-refractivity contribution in [3.63, 3.8) is 0 Å². The van der Waals surface area contributed by atoms with Gasteiger partial charge in [-0.25, -0.2) is 4.98 Å². The second-order valence-corrected chi connectivity index (χ2v) is 7.75. The number of imidazole rings is 1. The first-order chi connectivity index (χ1) is 13.1. The van der Waals surface area contributed by atoms with Crippen molar-refractivity contribution in [3.05, 3.63) is 35.4 Å². The average molecular weight is 369 g/mol. The lowest BCUT2D eigenvalue weighted by atomic mass is 10.1.